The molecule has 0 spiro atoms. The maximum Gasteiger partial charge on any atom is -0.00772 e. The maximum atomic E-state index is 5.69. The molecule has 20 heavy (non-hydrogen) atoms. The molecule has 2 aliphatic carbocycles. The van der Waals surface area contributed by atoms with Crippen molar-refractivity contribution < 1.29 is 0 Å². The predicted molar refractivity (Wildman–Crippen MR) is 88.7 cm³/mol. The predicted octanol–water partition coefficient (Wildman–Crippen LogP) is 5.53. The second-order valence-electron chi connectivity index (χ2n) is 7.69. The van der Waals surface area contributed by atoms with E-state index in [2.05, 4.69) is 6.92 Å². The molecule has 0 aromatic heterocycles. The van der Waals surface area contributed by atoms with E-state index in [1.807, 2.05) is 0 Å². The first kappa shape index (κ1) is 16.3. The van der Waals surface area contributed by atoms with Gasteiger partial charge < -0.3 is 5.73 Å². The third-order valence-electron chi connectivity index (χ3n) is 6.29. The molecule has 0 saturated heterocycles. The molecule has 2 saturated carbocycles. The smallest absolute Gasteiger partial charge is 0.00772 e. The van der Waals surface area contributed by atoms with E-state index in [0.717, 1.165) is 30.2 Å². The normalized spacial score (nSPS) is 34.2. The monoisotopic (exact) mass is 279 g/mol. The quantitative estimate of drug-likeness (QED) is 0.719. The lowest BCUT2D eigenvalue weighted by molar-refractivity contribution is 0.240. The van der Waals surface area contributed by atoms with Crippen molar-refractivity contribution in [1.29, 1.82) is 0 Å². The van der Waals surface area contributed by atoms with Gasteiger partial charge in [0.05, 0.1) is 0 Å². The number of fused-ring (bicyclic) bond motifs is 1. The van der Waals surface area contributed by atoms with Crippen LogP contribution in [0, 0.1) is 23.7 Å². The van der Waals surface area contributed by atoms with Crippen LogP contribution >= 0.6 is 0 Å². The molecular formula is C19H37N. The summed E-state index contributed by atoms with van der Waals surface area (Å²) in [7, 11) is 0. The minimum atomic E-state index is 0.877. The topological polar surface area (TPSA) is 26.0 Å². The molecule has 2 rings (SSSR count). The first-order chi connectivity index (χ1) is 9.81. The Morgan fingerprint density at radius 2 is 1.40 bits per heavy atom. The molecule has 2 aliphatic rings. The van der Waals surface area contributed by atoms with Gasteiger partial charge in [-0.25, -0.2) is 0 Å². The average Bonchev–Trinajstić information content (AvgIpc) is 2.63. The molecule has 0 aromatic rings. The molecule has 0 amide bonds. The standard InChI is InChI=1S/C19H37N/c1-16(8-7-15-20)17-9-5-6-12-18-10-3-2-4-11-19(18)14-13-17/h16-19H,2-15,20H2,1H3. The third-order valence-corrected chi connectivity index (χ3v) is 6.29. The second kappa shape index (κ2) is 9.07. The summed E-state index contributed by atoms with van der Waals surface area (Å²) in [6, 6.07) is 0. The summed E-state index contributed by atoms with van der Waals surface area (Å²) < 4.78 is 0. The Hall–Kier alpha value is -0.0400. The molecule has 2 fully saturated rings. The van der Waals surface area contributed by atoms with Crippen LogP contribution in [0.15, 0.2) is 0 Å². The van der Waals surface area contributed by atoms with E-state index >= 15 is 0 Å². The Morgan fingerprint density at radius 3 is 2.10 bits per heavy atom. The Labute approximate surface area is 127 Å². The molecule has 1 nitrogen and oxygen atoms in total. The summed E-state index contributed by atoms with van der Waals surface area (Å²) in [6.07, 6.45) is 19.2. The molecule has 118 valence electrons. The zero-order valence-electron chi connectivity index (χ0n) is 13.8. The van der Waals surface area contributed by atoms with Gasteiger partial charge in [0.1, 0.15) is 0 Å². The first-order valence-corrected chi connectivity index (χ1v) is 9.51. The van der Waals surface area contributed by atoms with E-state index in [4.69, 9.17) is 5.73 Å². The SMILES string of the molecule is CC(CCCN)C1CCCCC2CCCCCC2CC1. The molecule has 0 radical (unpaired) electrons. The van der Waals surface area contributed by atoms with Crippen LogP contribution < -0.4 is 5.73 Å². The summed E-state index contributed by atoms with van der Waals surface area (Å²) in [5.74, 6) is 4.04. The first-order valence-electron chi connectivity index (χ1n) is 9.51. The molecule has 2 N–H and O–H groups in total. The van der Waals surface area contributed by atoms with E-state index in [0.29, 0.717) is 0 Å². The fourth-order valence-corrected chi connectivity index (χ4v) is 4.85. The van der Waals surface area contributed by atoms with E-state index in [9.17, 15) is 0 Å². The highest BCUT2D eigenvalue weighted by Gasteiger charge is 2.27. The summed E-state index contributed by atoms with van der Waals surface area (Å²) in [6.45, 7) is 3.37. The van der Waals surface area contributed by atoms with Gasteiger partial charge in [0.2, 0.25) is 0 Å². The van der Waals surface area contributed by atoms with Crippen molar-refractivity contribution in [1.82, 2.24) is 0 Å². The van der Waals surface area contributed by atoms with Crippen LogP contribution in [0.3, 0.4) is 0 Å². The van der Waals surface area contributed by atoms with Crippen molar-refractivity contribution in [2.75, 3.05) is 6.54 Å². The third kappa shape index (κ3) is 5.06. The van der Waals surface area contributed by atoms with E-state index in [1.54, 1.807) is 0 Å². The van der Waals surface area contributed by atoms with Gasteiger partial charge >= 0.3 is 0 Å². The lowest BCUT2D eigenvalue weighted by Gasteiger charge is -2.27. The summed E-state index contributed by atoms with van der Waals surface area (Å²) in [5, 5.41) is 0. The summed E-state index contributed by atoms with van der Waals surface area (Å²) >= 11 is 0. The number of rotatable bonds is 4. The van der Waals surface area contributed by atoms with Crippen molar-refractivity contribution in [2.24, 2.45) is 29.4 Å². The van der Waals surface area contributed by atoms with Crippen molar-refractivity contribution in [3.05, 3.63) is 0 Å². The number of hydrogen-bond acceptors (Lipinski definition) is 1. The molecule has 0 aliphatic heterocycles. The molecule has 4 atom stereocenters. The molecule has 1 heteroatoms. The zero-order chi connectivity index (χ0) is 14.2. The molecular weight excluding hydrogens is 242 g/mol. The maximum absolute atomic E-state index is 5.69. The Kier molecular flexibility index (Phi) is 7.41. The fourth-order valence-electron chi connectivity index (χ4n) is 4.85. The zero-order valence-corrected chi connectivity index (χ0v) is 13.8. The lowest BCUT2D eigenvalue weighted by atomic mass is 9.79. The fraction of sp³-hybridized carbons (Fsp3) is 1.00. The summed E-state index contributed by atoms with van der Waals surface area (Å²) in [5.41, 5.74) is 5.69. The van der Waals surface area contributed by atoms with Gasteiger partial charge in [-0.2, -0.15) is 0 Å². The molecule has 4 unspecified atom stereocenters. The van der Waals surface area contributed by atoms with Gasteiger partial charge in [0.15, 0.2) is 0 Å². The van der Waals surface area contributed by atoms with Crippen LogP contribution in [0.4, 0.5) is 0 Å². The molecule has 0 aromatic carbocycles. The number of hydrogen-bond donors (Lipinski definition) is 1. The van der Waals surface area contributed by atoms with Gasteiger partial charge in [-0.15, -0.1) is 0 Å². The van der Waals surface area contributed by atoms with Crippen LogP contribution in [0.5, 0.6) is 0 Å². The Balaban J connectivity index is 1.88. The van der Waals surface area contributed by atoms with Crippen molar-refractivity contribution >= 4 is 0 Å². The van der Waals surface area contributed by atoms with Gasteiger partial charge in [0.25, 0.3) is 0 Å². The van der Waals surface area contributed by atoms with E-state index in [1.165, 1.54) is 83.5 Å². The van der Waals surface area contributed by atoms with Crippen LogP contribution in [0.1, 0.15) is 90.4 Å². The molecule has 0 bridgehead atoms. The van der Waals surface area contributed by atoms with Gasteiger partial charge in [0, 0.05) is 0 Å². The highest BCUT2D eigenvalue weighted by Crippen LogP contribution is 2.39. The van der Waals surface area contributed by atoms with Crippen LogP contribution in [0.2, 0.25) is 0 Å². The van der Waals surface area contributed by atoms with Crippen molar-refractivity contribution in [3.63, 3.8) is 0 Å². The highest BCUT2D eigenvalue weighted by molar-refractivity contribution is 4.79. The van der Waals surface area contributed by atoms with Crippen molar-refractivity contribution in [3.8, 4) is 0 Å². The Morgan fingerprint density at radius 1 is 0.800 bits per heavy atom. The van der Waals surface area contributed by atoms with Gasteiger partial charge in [-0.05, 0) is 55.9 Å². The van der Waals surface area contributed by atoms with Crippen LogP contribution in [0.25, 0.3) is 0 Å². The van der Waals surface area contributed by atoms with Crippen molar-refractivity contribution in [2.45, 2.75) is 90.4 Å². The molecule has 0 heterocycles. The van der Waals surface area contributed by atoms with E-state index < -0.39 is 0 Å². The average molecular weight is 280 g/mol. The van der Waals surface area contributed by atoms with Crippen LogP contribution in [-0.4, -0.2) is 6.54 Å². The number of nitrogens with two attached hydrogens (primary N) is 1. The van der Waals surface area contributed by atoms with Crippen LogP contribution in [-0.2, 0) is 0 Å². The highest BCUT2D eigenvalue weighted by atomic mass is 14.5. The largest absolute Gasteiger partial charge is 0.330 e. The van der Waals surface area contributed by atoms with Gasteiger partial charge in [-0.1, -0.05) is 64.7 Å². The minimum Gasteiger partial charge on any atom is -0.330 e. The second-order valence-corrected chi connectivity index (χ2v) is 7.69. The minimum absolute atomic E-state index is 0.877. The van der Waals surface area contributed by atoms with Gasteiger partial charge in [-0.3, -0.25) is 0 Å². The Bertz CT molecular complexity index is 250. The van der Waals surface area contributed by atoms with E-state index in [-0.39, 0.29) is 0 Å². The lowest BCUT2D eigenvalue weighted by Crippen LogP contribution is -2.17. The summed E-state index contributed by atoms with van der Waals surface area (Å²) in [4.78, 5) is 0.